The van der Waals surface area contributed by atoms with Crippen LogP contribution in [0.2, 0.25) is 0 Å². The zero-order chi connectivity index (χ0) is 15.4. The third-order valence-corrected chi connectivity index (χ3v) is 4.61. The Balaban J connectivity index is 2.09. The van der Waals surface area contributed by atoms with E-state index in [0.717, 1.165) is 45.1 Å². The van der Waals surface area contributed by atoms with E-state index in [0.29, 0.717) is 0 Å². The van der Waals surface area contributed by atoms with Crippen molar-refractivity contribution in [1.82, 2.24) is 4.90 Å². The molecule has 0 N–H and O–H groups in total. The Morgan fingerprint density at radius 3 is 1.81 bits per heavy atom. The molecule has 4 unspecified atom stereocenters. The molecule has 0 aromatic heterocycles. The topological polar surface area (TPSA) is 55.8 Å². The highest BCUT2D eigenvalue weighted by Crippen LogP contribution is 2.37. The van der Waals surface area contributed by atoms with Crippen molar-refractivity contribution < 1.29 is 19.1 Å². The molecule has 0 radical (unpaired) electrons. The minimum atomic E-state index is -0.198. The monoisotopic (exact) mass is 297 g/mol. The van der Waals surface area contributed by atoms with Gasteiger partial charge in [-0.15, -0.1) is 0 Å². The molecule has 0 aromatic rings. The number of esters is 2. The summed E-state index contributed by atoms with van der Waals surface area (Å²) in [5.74, 6) is -0.396. The Labute approximate surface area is 127 Å². The summed E-state index contributed by atoms with van der Waals surface area (Å²) in [6, 6.07) is 0.567. The summed E-state index contributed by atoms with van der Waals surface area (Å²) >= 11 is 0. The number of nitrogens with zero attached hydrogens (tertiary/aromatic N) is 1. The molecule has 0 amide bonds. The van der Waals surface area contributed by atoms with E-state index >= 15 is 0 Å². The van der Waals surface area contributed by atoms with E-state index in [2.05, 4.69) is 11.8 Å². The first kappa shape index (κ1) is 16.3. The number of fused-ring (bicyclic) bond motifs is 2. The van der Waals surface area contributed by atoms with Gasteiger partial charge in [0, 0.05) is 25.9 Å². The number of piperidine rings is 2. The van der Waals surface area contributed by atoms with Gasteiger partial charge in [0.25, 0.3) is 0 Å². The van der Waals surface area contributed by atoms with Crippen LogP contribution in [0, 0.1) is 0 Å². The highest BCUT2D eigenvalue weighted by atomic mass is 16.6. The average molecular weight is 297 g/mol. The van der Waals surface area contributed by atoms with Crippen LogP contribution in [0.5, 0.6) is 0 Å². The van der Waals surface area contributed by atoms with Gasteiger partial charge in [-0.1, -0.05) is 13.3 Å². The fourth-order valence-corrected chi connectivity index (χ4v) is 3.80. The molecule has 21 heavy (non-hydrogen) atoms. The lowest BCUT2D eigenvalue weighted by Crippen LogP contribution is -2.62. The molecule has 2 heterocycles. The fraction of sp³-hybridized carbons (Fsp3) is 0.875. The minimum Gasteiger partial charge on any atom is -0.461 e. The predicted octanol–water partition coefficient (Wildman–Crippen LogP) is 2.28. The molecule has 5 nitrogen and oxygen atoms in total. The Kier molecular flexibility index (Phi) is 5.62. The summed E-state index contributed by atoms with van der Waals surface area (Å²) in [6.45, 7) is 6.12. The molecular weight excluding hydrogens is 270 g/mol. The quantitative estimate of drug-likeness (QED) is 0.729. The molecule has 2 fully saturated rings. The summed E-state index contributed by atoms with van der Waals surface area (Å²) in [6.07, 6.45) is 5.83. The fourth-order valence-electron chi connectivity index (χ4n) is 3.80. The molecule has 2 saturated heterocycles. The Bertz CT molecular complexity index is 352. The minimum absolute atomic E-state index is 0.00566. The maximum atomic E-state index is 11.3. The molecule has 2 aliphatic rings. The molecule has 2 rings (SSSR count). The lowest BCUT2D eigenvalue weighted by Gasteiger charge is -2.51. The van der Waals surface area contributed by atoms with Gasteiger partial charge >= 0.3 is 11.9 Å². The molecule has 2 bridgehead atoms. The molecule has 2 aliphatic heterocycles. The highest BCUT2D eigenvalue weighted by Gasteiger charge is 2.46. The number of carbonyl (C=O) groups excluding carboxylic acids is 2. The normalized spacial score (nSPS) is 32.5. The van der Waals surface area contributed by atoms with Gasteiger partial charge in [-0.3, -0.25) is 14.5 Å². The zero-order valence-electron chi connectivity index (χ0n) is 13.3. The molecule has 0 aromatic carbocycles. The van der Waals surface area contributed by atoms with Crippen molar-refractivity contribution in [2.45, 2.75) is 83.6 Å². The first-order chi connectivity index (χ1) is 10.0. The standard InChI is InChI=1S/C16H27NO4/c1-4-5-10-17-13-7-9-16(21-12(3)19)14(17)6-8-15(13)20-11(2)18/h13-16H,4-10H2,1-3H3. The van der Waals surface area contributed by atoms with Crippen LogP contribution in [0.4, 0.5) is 0 Å². The van der Waals surface area contributed by atoms with E-state index < -0.39 is 0 Å². The Morgan fingerprint density at radius 1 is 0.952 bits per heavy atom. The van der Waals surface area contributed by atoms with Crippen LogP contribution in [0.3, 0.4) is 0 Å². The van der Waals surface area contributed by atoms with Gasteiger partial charge in [-0.05, 0) is 38.6 Å². The number of hydrogen-bond acceptors (Lipinski definition) is 5. The molecule has 0 spiro atoms. The van der Waals surface area contributed by atoms with Gasteiger partial charge in [0.1, 0.15) is 12.2 Å². The zero-order valence-corrected chi connectivity index (χ0v) is 13.3. The maximum Gasteiger partial charge on any atom is 0.302 e. The second kappa shape index (κ2) is 7.25. The van der Waals surface area contributed by atoms with Crippen molar-refractivity contribution in [3.8, 4) is 0 Å². The number of rotatable bonds is 5. The SMILES string of the molecule is CCCCN1C2CCC(OC(C)=O)C1CCC2OC(C)=O. The van der Waals surface area contributed by atoms with Gasteiger partial charge in [0.15, 0.2) is 0 Å². The third-order valence-electron chi connectivity index (χ3n) is 4.61. The van der Waals surface area contributed by atoms with Crippen LogP contribution in [-0.4, -0.2) is 47.7 Å². The maximum absolute atomic E-state index is 11.3. The molecular formula is C16H27NO4. The lowest BCUT2D eigenvalue weighted by molar-refractivity contribution is -0.171. The first-order valence-corrected chi connectivity index (χ1v) is 8.13. The van der Waals surface area contributed by atoms with Crippen molar-refractivity contribution >= 4 is 11.9 Å². The van der Waals surface area contributed by atoms with E-state index in [-0.39, 0.29) is 36.2 Å². The van der Waals surface area contributed by atoms with Crippen molar-refractivity contribution in [1.29, 1.82) is 0 Å². The lowest BCUT2D eigenvalue weighted by atomic mass is 9.80. The van der Waals surface area contributed by atoms with Crippen LogP contribution >= 0.6 is 0 Å². The van der Waals surface area contributed by atoms with Crippen LogP contribution in [0.25, 0.3) is 0 Å². The van der Waals surface area contributed by atoms with E-state index in [4.69, 9.17) is 9.47 Å². The van der Waals surface area contributed by atoms with Gasteiger partial charge in [-0.2, -0.15) is 0 Å². The van der Waals surface area contributed by atoms with Crippen LogP contribution in [0.15, 0.2) is 0 Å². The van der Waals surface area contributed by atoms with Gasteiger partial charge in [0.2, 0.25) is 0 Å². The number of carbonyl (C=O) groups is 2. The predicted molar refractivity (Wildman–Crippen MR) is 78.8 cm³/mol. The van der Waals surface area contributed by atoms with E-state index in [1.807, 2.05) is 0 Å². The second-order valence-corrected chi connectivity index (χ2v) is 6.18. The van der Waals surface area contributed by atoms with Crippen molar-refractivity contribution in [3.63, 3.8) is 0 Å². The van der Waals surface area contributed by atoms with Gasteiger partial charge in [-0.25, -0.2) is 0 Å². The summed E-state index contributed by atoms with van der Waals surface area (Å²) < 4.78 is 11.0. The summed E-state index contributed by atoms with van der Waals surface area (Å²) in [5.41, 5.74) is 0. The Hall–Kier alpha value is -1.10. The van der Waals surface area contributed by atoms with Crippen molar-refractivity contribution in [2.24, 2.45) is 0 Å². The van der Waals surface area contributed by atoms with E-state index in [1.165, 1.54) is 13.8 Å². The van der Waals surface area contributed by atoms with E-state index in [1.54, 1.807) is 0 Å². The molecule has 0 saturated carbocycles. The molecule has 0 aliphatic carbocycles. The summed E-state index contributed by atoms with van der Waals surface area (Å²) in [7, 11) is 0. The third kappa shape index (κ3) is 3.96. The van der Waals surface area contributed by atoms with Crippen LogP contribution in [-0.2, 0) is 19.1 Å². The van der Waals surface area contributed by atoms with E-state index in [9.17, 15) is 9.59 Å². The smallest absolute Gasteiger partial charge is 0.302 e. The second-order valence-electron chi connectivity index (χ2n) is 6.18. The largest absolute Gasteiger partial charge is 0.461 e. The number of unbranched alkanes of at least 4 members (excludes halogenated alkanes) is 1. The number of hydrogen-bond donors (Lipinski definition) is 0. The number of ether oxygens (including phenoxy) is 2. The summed E-state index contributed by atoms with van der Waals surface area (Å²) in [4.78, 5) is 25.0. The molecule has 120 valence electrons. The van der Waals surface area contributed by atoms with Crippen LogP contribution in [0.1, 0.15) is 59.3 Å². The highest BCUT2D eigenvalue weighted by molar-refractivity contribution is 5.66. The molecule has 4 atom stereocenters. The average Bonchev–Trinajstić information content (AvgIpc) is 2.40. The first-order valence-electron chi connectivity index (χ1n) is 8.13. The summed E-state index contributed by atoms with van der Waals surface area (Å²) in [5, 5.41) is 0. The van der Waals surface area contributed by atoms with Gasteiger partial charge < -0.3 is 9.47 Å². The van der Waals surface area contributed by atoms with Crippen LogP contribution < -0.4 is 0 Å². The molecule has 5 heteroatoms. The van der Waals surface area contributed by atoms with Crippen molar-refractivity contribution in [3.05, 3.63) is 0 Å². The van der Waals surface area contributed by atoms with Gasteiger partial charge in [0.05, 0.1) is 0 Å². The Morgan fingerprint density at radius 2 is 1.43 bits per heavy atom. The van der Waals surface area contributed by atoms with Crippen molar-refractivity contribution in [2.75, 3.05) is 6.54 Å².